The molecule has 0 amide bonds. The number of esters is 1. The molecule has 1 heterocycles. The van der Waals surface area contributed by atoms with E-state index in [1.807, 2.05) is 60.7 Å². The Kier molecular flexibility index (Phi) is 2.98. The zero-order valence-electron chi connectivity index (χ0n) is 11.5. The van der Waals surface area contributed by atoms with E-state index in [2.05, 4.69) is 0 Å². The second kappa shape index (κ2) is 5.00. The number of halogens is 1. The molecule has 0 saturated heterocycles. The first-order valence-electron chi connectivity index (χ1n) is 6.95. The Hall–Kier alpha value is -2.58. The van der Waals surface area contributed by atoms with Gasteiger partial charge in [-0.15, -0.1) is 0 Å². The Balaban J connectivity index is 1.98. The molecule has 1 aliphatic heterocycles. The van der Waals surface area contributed by atoms with E-state index in [4.69, 9.17) is 16.3 Å². The van der Waals surface area contributed by atoms with E-state index < -0.39 is 0 Å². The summed E-state index contributed by atoms with van der Waals surface area (Å²) < 4.78 is 5.41. The maximum atomic E-state index is 12.0. The molecule has 3 aromatic rings. The number of hydrogen-bond donors (Lipinski definition) is 0. The smallest absolute Gasteiger partial charge is 0.344 e. The van der Waals surface area contributed by atoms with Crippen molar-refractivity contribution >= 4 is 39.1 Å². The van der Waals surface area contributed by atoms with E-state index in [0.717, 1.165) is 21.9 Å². The van der Waals surface area contributed by atoms with Gasteiger partial charge in [0.2, 0.25) is 0 Å². The normalized spacial score (nSPS) is 15.6. The number of fused-ring (bicyclic) bond motifs is 2. The van der Waals surface area contributed by atoms with Crippen molar-refractivity contribution in [1.29, 1.82) is 0 Å². The third-order valence-electron chi connectivity index (χ3n) is 3.81. The summed E-state index contributed by atoms with van der Waals surface area (Å²) in [6, 6.07) is 21.2. The number of carbonyl (C=O) groups is 1. The largest absolute Gasteiger partial charge is 0.421 e. The summed E-state index contributed by atoms with van der Waals surface area (Å²) in [5, 5.41) is 2.58. The highest BCUT2D eigenvalue weighted by Crippen LogP contribution is 2.39. The van der Waals surface area contributed by atoms with Gasteiger partial charge in [-0.1, -0.05) is 72.3 Å². The highest BCUT2D eigenvalue weighted by atomic mass is 35.5. The van der Waals surface area contributed by atoms with Crippen LogP contribution in [0.3, 0.4) is 0 Å². The Morgan fingerprint density at radius 2 is 1.50 bits per heavy atom. The highest BCUT2D eigenvalue weighted by Gasteiger charge is 2.28. The molecule has 0 aliphatic carbocycles. The third kappa shape index (κ3) is 1.92. The molecule has 0 N–H and O–H groups in total. The van der Waals surface area contributed by atoms with Crippen LogP contribution in [-0.4, -0.2) is 5.97 Å². The average molecular weight is 307 g/mol. The second-order valence-electron chi connectivity index (χ2n) is 5.10. The van der Waals surface area contributed by atoms with E-state index >= 15 is 0 Å². The van der Waals surface area contributed by atoms with Crippen LogP contribution >= 0.6 is 11.6 Å². The summed E-state index contributed by atoms with van der Waals surface area (Å²) in [6.07, 6.45) is 0. The van der Waals surface area contributed by atoms with Gasteiger partial charge in [-0.25, -0.2) is 4.79 Å². The molecule has 22 heavy (non-hydrogen) atoms. The van der Waals surface area contributed by atoms with E-state index in [1.54, 1.807) is 6.07 Å². The van der Waals surface area contributed by atoms with Gasteiger partial charge in [0.05, 0.1) is 10.6 Å². The number of cyclic esters (lactones) is 1. The van der Waals surface area contributed by atoms with Gasteiger partial charge in [0, 0.05) is 11.1 Å². The summed E-state index contributed by atoms with van der Waals surface area (Å²) in [5.74, 6) is 0.0719. The first-order valence-corrected chi connectivity index (χ1v) is 7.33. The molecular weight excluding hydrogens is 296 g/mol. The molecule has 3 heteroatoms. The van der Waals surface area contributed by atoms with Crippen molar-refractivity contribution in [3.05, 3.63) is 83.4 Å². The van der Waals surface area contributed by atoms with Crippen LogP contribution in [0.5, 0.6) is 0 Å². The number of ether oxygens (including phenoxy) is 1. The fraction of sp³-hybridized carbons (Fsp3) is 0. The fourth-order valence-electron chi connectivity index (χ4n) is 2.76. The van der Waals surface area contributed by atoms with Crippen LogP contribution in [0.2, 0.25) is 0 Å². The molecule has 4 rings (SSSR count). The SMILES string of the molecule is O=C1O/C(=C(\Cl)c2cccc3ccccc23)c2ccccc21. The van der Waals surface area contributed by atoms with Crippen molar-refractivity contribution in [3.8, 4) is 0 Å². The van der Waals surface area contributed by atoms with Crippen molar-refractivity contribution < 1.29 is 9.53 Å². The topological polar surface area (TPSA) is 26.3 Å². The standard InChI is InChI=1S/C19H11ClO2/c20-17(14-11-5-7-12-6-1-2-8-13(12)14)18-15-9-3-4-10-16(15)19(21)22-18/h1-11H/b18-17-. The van der Waals surface area contributed by atoms with Crippen LogP contribution in [0.15, 0.2) is 66.7 Å². The minimum absolute atomic E-state index is 0.357. The van der Waals surface area contributed by atoms with Gasteiger partial charge in [0.1, 0.15) is 0 Å². The summed E-state index contributed by atoms with van der Waals surface area (Å²) in [4.78, 5) is 12.0. The van der Waals surface area contributed by atoms with Crippen molar-refractivity contribution in [2.24, 2.45) is 0 Å². The number of carbonyl (C=O) groups excluding carboxylic acids is 1. The van der Waals surface area contributed by atoms with Crippen molar-refractivity contribution in [3.63, 3.8) is 0 Å². The van der Waals surface area contributed by atoms with Gasteiger partial charge in [-0.3, -0.25) is 0 Å². The molecule has 0 radical (unpaired) electrons. The molecule has 1 aliphatic rings. The first kappa shape index (κ1) is 13.1. The van der Waals surface area contributed by atoms with Gasteiger partial charge >= 0.3 is 5.97 Å². The maximum Gasteiger partial charge on any atom is 0.344 e. The molecule has 0 unspecified atom stereocenters. The lowest BCUT2D eigenvalue weighted by atomic mass is 10.0. The summed E-state index contributed by atoms with van der Waals surface area (Å²) >= 11 is 6.59. The molecule has 2 nitrogen and oxygen atoms in total. The van der Waals surface area contributed by atoms with Gasteiger partial charge in [-0.2, -0.15) is 0 Å². The van der Waals surface area contributed by atoms with Gasteiger partial charge in [-0.05, 0) is 16.8 Å². The van der Waals surface area contributed by atoms with Gasteiger partial charge in [0.25, 0.3) is 0 Å². The van der Waals surface area contributed by atoms with Crippen molar-refractivity contribution in [2.75, 3.05) is 0 Å². The van der Waals surface area contributed by atoms with Crippen LogP contribution in [-0.2, 0) is 4.74 Å². The lowest BCUT2D eigenvalue weighted by molar-refractivity contribution is 0.0717. The molecule has 106 valence electrons. The molecule has 0 aromatic heterocycles. The Morgan fingerprint density at radius 3 is 2.36 bits per heavy atom. The van der Waals surface area contributed by atoms with Crippen molar-refractivity contribution in [2.45, 2.75) is 0 Å². The predicted octanol–water partition coefficient (Wildman–Crippen LogP) is 5.07. The highest BCUT2D eigenvalue weighted by molar-refractivity contribution is 6.53. The zero-order chi connectivity index (χ0) is 15.1. The fourth-order valence-corrected chi connectivity index (χ4v) is 3.07. The molecule has 0 atom stereocenters. The monoisotopic (exact) mass is 306 g/mol. The number of rotatable bonds is 1. The molecular formula is C19H11ClO2. The second-order valence-corrected chi connectivity index (χ2v) is 5.48. The minimum Gasteiger partial charge on any atom is -0.421 e. The quantitative estimate of drug-likeness (QED) is 0.586. The molecule has 0 fully saturated rings. The summed E-state index contributed by atoms with van der Waals surface area (Å²) in [7, 11) is 0. The van der Waals surface area contributed by atoms with Gasteiger partial charge in [0.15, 0.2) is 5.76 Å². The minimum atomic E-state index is -0.357. The Morgan fingerprint density at radius 1 is 0.818 bits per heavy atom. The van der Waals surface area contributed by atoms with Gasteiger partial charge < -0.3 is 4.74 Å². The first-order chi connectivity index (χ1) is 10.8. The lowest BCUT2D eigenvalue weighted by Gasteiger charge is -2.08. The number of benzene rings is 3. The van der Waals surface area contributed by atoms with Crippen LogP contribution in [0.25, 0.3) is 21.6 Å². The van der Waals surface area contributed by atoms with Crippen molar-refractivity contribution in [1.82, 2.24) is 0 Å². The van der Waals surface area contributed by atoms with Crippen LogP contribution in [0.4, 0.5) is 0 Å². The number of hydrogen-bond acceptors (Lipinski definition) is 2. The Bertz CT molecular complexity index is 936. The summed E-state index contributed by atoms with van der Waals surface area (Å²) in [6.45, 7) is 0. The average Bonchev–Trinajstić information content (AvgIpc) is 2.91. The third-order valence-corrected chi connectivity index (χ3v) is 4.19. The zero-order valence-corrected chi connectivity index (χ0v) is 12.3. The van der Waals surface area contributed by atoms with Crippen LogP contribution < -0.4 is 0 Å². The van der Waals surface area contributed by atoms with E-state index in [0.29, 0.717) is 16.4 Å². The predicted molar refractivity (Wildman–Crippen MR) is 88.5 cm³/mol. The van der Waals surface area contributed by atoms with E-state index in [-0.39, 0.29) is 5.97 Å². The van der Waals surface area contributed by atoms with E-state index in [1.165, 1.54) is 0 Å². The molecule has 0 saturated carbocycles. The molecule has 0 spiro atoms. The molecule has 3 aromatic carbocycles. The van der Waals surface area contributed by atoms with Crippen LogP contribution in [0, 0.1) is 0 Å². The lowest BCUT2D eigenvalue weighted by Crippen LogP contribution is -1.92. The summed E-state index contributed by atoms with van der Waals surface area (Å²) in [5.41, 5.74) is 2.15. The van der Waals surface area contributed by atoms with Crippen LogP contribution in [0.1, 0.15) is 21.5 Å². The maximum absolute atomic E-state index is 12.0. The molecule has 0 bridgehead atoms. The Labute approximate surface area is 132 Å². The van der Waals surface area contributed by atoms with E-state index in [9.17, 15) is 4.79 Å².